The number of carbonyl (C=O) groups is 1. The molecule has 108 valence electrons. The lowest BCUT2D eigenvalue weighted by Gasteiger charge is -2.09. The van der Waals surface area contributed by atoms with Crippen LogP contribution in [0.25, 0.3) is 0 Å². The van der Waals surface area contributed by atoms with Crippen LogP contribution in [0.5, 0.6) is 0 Å². The third-order valence-electron chi connectivity index (χ3n) is 2.84. The molecule has 0 atom stereocenters. The summed E-state index contributed by atoms with van der Waals surface area (Å²) in [6.45, 7) is 1.66. The Kier molecular flexibility index (Phi) is 4.51. The number of carbonyl (C=O) groups excluding carboxylic acids is 1. The van der Waals surface area contributed by atoms with E-state index in [0.717, 1.165) is 0 Å². The fraction of sp³-hybridized carbons (Fsp3) is 0.0714. The quantitative estimate of drug-likeness (QED) is 0.483. The molecule has 0 bridgehead atoms. The maximum atomic E-state index is 13.0. The number of amides is 1. The third-order valence-corrected chi connectivity index (χ3v) is 3.74. The van der Waals surface area contributed by atoms with Gasteiger partial charge in [-0.3, -0.25) is 14.9 Å². The Morgan fingerprint density at radius 3 is 2.57 bits per heavy atom. The Bertz CT molecular complexity index is 734. The van der Waals surface area contributed by atoms with Crippen molar-refractivity contribution in [3.8, 4) is 0 Å². The molecule has 0 spiro atoms. The minimum absolute atomic E-state index is 0.0399. The Balaban J connectivity index is 2.25. The second kappa shape index (κ2) is 6.17. The van der Waals surface area contributed by atoms with Gasteiger partial charge in [-0.05, 0) is 59.3 Å². The van der Waals surface area contributed by atoms with Crippen molar-refractivity contribution in [2.45, 2.75) is 6.92 Å². The van der Waals surface area contributed by atoms with Crippen LogP contribution in [0.2, 0.25) is 0 Å². The topological polar surface area (TPSA) is 72.2 Å². The largest absolute Gasteiger partial charge is 0.322 e. The molecule has 21 heavy (non-hydrogen) atoms. The molecule has 0 heterocycles. The highest BCUT2D eigenvalue weighted by molar-refractivity contribution is 14.1. The summed E-state index contributed by atoms with van der Waals surface area (Å²) in [4.78, 5) is 22.3. The zero-order valence-corrected chi connectivity index (χ0v) is 13.0. The minimum Gasteiger partial charge on any atom is -0.322 e. The van der Waals surface area contributed by atoms with E-state index >= 15 is 0 Å². The van der Waals surface area contributed by atoms with Crippen molar-refractivity contribution >= 4 is 39.9 Å². The predicted octanol–water partition coefficient (Wildman–Crippen LogP) is 3.90. The fourth-order valence-corrected chi connectivity index (χ4v) is 2.49. The second-order valence-corrected chi connectivity index (χ2v) is 5.50. The van der Waals surface area contributed by atoms with Gasteiger partial charge in [0, 0.05) is 21.4 Å². The van der Waals surface area contributed by atoms with E-state index in [1.807, 2.05) is 22.6 Å². The van der Waals surface area contributed by atoms with Crippen LogP contribution in [-0.2, 0) is 0 Å². The van der Waals surface area contributed by atoms with Crippen LogP contribution in [-0.4, -0.2) is 10.8 Å². The Morgan fingerprint density at radius 2 is 2.00 bits per heavy atom. The number of nitro groups is 1. The van der Waals surface area contributed by atoms with Crippen LogP contribution in [0.3, 0.4) is 0 Å². The van der Waals surface area contributed by atoms with E-state index < -0.39 is 16.6 Å². The zero-order chi connectivity index (χ0) is 15.6. The SMILES string of the molecule is Cc1cc([N+](=O)[O-])ccc1NC(=O)c1ccc(F)cc1I. The molecule has 2 aromatic carbocycles. The van der Waals surface area contributed by atoms with Crippen molar-refractivity contribution in [3.63, 3.8) is 0 Å². The summed E-state index contributed by atoms with van der Waals surface area (Å²) in [5, 5.41) is 13.3. The first kappa shape index (κ1) is 15.4. The Morgan fingerprint density at radius 1 is 1.29 bits per heavy atom. The van der Waals surface area contributed by atoms with Crippen LogP contribution in [0, 0.1) is 26.4 Å². The van der Waals surface area contributed by atoms with Gasteiger partial charge in [-0.25, -0.2) is 4.39 Å². The summed E-state index contributed by atoms with van der Waals surface area (Å²) in [7, 11) is 0. The average molecular weight is 400 g/mol. The first-order valence-electron chi connectivity index (χ1n) is 5.90. The summed E-state index contributed by atoms with van der Waals surface area (Å²) in [6, 6.07) is 8.04. The van der Waals surface area contributed by atoms with Crippen molar-refractivity contribution in [2.75, 3.05) is 5.32 Å². The molecule has 0 aromatic heterocycles. The van der Waals surface area contributed by atoms with Crippen LogP contribution in [0.4, 0.5) is 15.8 Å². The Hall–Kier alpha value is -2.03. The lowest BCUT2D eigenvalue weighted by atomic mass is 10.1. The van der Waals surface area contributed by atoms with E-state index in [4.69, 9.17) is 0 Å². The monoisotopic (exact) mass is 400 g/mol. The molecular weight excluding hydrogens is 390 g/mol. The van der Waals surface area contributed by atoms with Crippen molar-refractivity contribution in [3.05, 3.63) is 67.0 Å². The zero-order valence-electron chi connectivity index (χ0n) is 10.9. The number of hydrogen-bond acceptors (Lipinski definition) is 3. The van der Waals surface area contributed by atoms with Crippen molar-refractivity contribution in [1.29, 1.82) is 0 Å². The molecule has 0 aliphatic rings. The van der Waals surface area contributed by atoms with Crippen LogP contribution in [0.15, 0.2) is 36.4 Å². The number of non-ortho nitro benzene ring substituents is 1. The molecule has 0 saturated heterocycles. The van der Waals surface area contributed by atoms with E-state index in [0.29, 0.717) is 20.4 Å². The van der Waals surface area contributed by atoms with Gasteiger partial charge >= 0.3 is 0 Å². The smallest absolute Gasteiger partial charge is 0.269 e. The Labute approximate surface area is 133 Å². The molecule has 0 aliphatic carbocycles. The van der Waals surface area contributed by atoms with Crippen molar-refractivity contribution < 1.29 is 14.1 Å². The summed E-state index contributed by atoms with van der Waals surface area (Å²) >= 11 is 1.88. The molecule has 2 aromatic rings. The molecule has 0 radical (unpaired) electrons. The number of nitrogens with one attached hydrogen (secondary N) is 1. The first-order valence-corrected chi connectivity index (χ1v) is 6.98. The number of halogens is 2. The summed E-state index contributed by atoms with van der Waals surface area (Å²) in [5.41, 5.74) is 1.36. The molecule has 1 amide bonds. The lowest BCUT2D eigenvalue weighted by Crippen LogP contribution is -2.14. The highest BCUT2D eigenvalue weighted by Gasteiger charge is 2.14. The number of aryl methyl sites for hydroxylation is 1. The fourth-order valence-electron chi connectivity index (χ4n) is 1.76. The molecule has 0 unspecified atom stereocenters. The minimum atomic E-state index is -0.498. The van der Waals surface area contributed by atoms with E-state index in [9.17, 15) is 19.3 Å². The molecule has 0 saturated carbocycles. The van der Waals surface area contributed by atoms with Gasteiger partial charge < -0.3 is 5.32 Å². The average Bonchev–Trinajstić information content (AvgIpc) is 2.40. The number of nitro benzene ring substituents is 1. The maximum absolute atomic E-state index is 13.0. The molecule has 0 aliphatic heterocycles. The standard InChI is InChI=1S/C14H10FIN2O3/c1-8-6-10(18(20)21)3-5-13(8)17-14(19)11-4-2-9(15)7-12(11)16/h2-7H,1H3,(H,17,19). The lowest BCUT2D eigenvalue weighted by molar-refractivity contribution is -0.384. The number of hydrogen-bond donors (Lipinski definition) is 1. The molecule has 2 rings (SSSR count). The maximum Gasteiger partial charge on any atom is 0.269 e. The van der Waals surface area contributed by atoms with Gasteiger partial charge in [0.1, 0.15) is 5.82 Å². The van der Waals surface area contributed by atoms with Crippen LogP contribution < -0.4 is 5.32 Å². The van der Waals surface area contributed by atoms with Gasteiger partial charge in [0.2, 0.25) is 0 Å². The first-order chi connectivity index (χ1) is 9.88. The molecule has 5 nitrogen and oxygen atoms in total. The number of benzene rings is 2. The van der Waals surface area contributed by atoms with Crippen LogP contribution in [0.1, 0.15) is 15.9 Å². The molecule has 0 fully saturated rings. The van der Waals surface area contributed by atoms with Gasteiger partial charge in [-0.1, -0.05) is 0 Å². The molecule has 7 heteroatoms. The van der Waals surface area contributed by atoms with Gasteiger partial charge in [0.05, 0.1) is 10.5 Å². The summed E-state index contributed by atoms with van der Waals surface area (Å²) < 4.78 is 13.5. The number of nitrogens with zero attached hydrogens (tertiary/aromatic N) is 1. The second-order valence-electron chi connectivity index (χ2n) is 4.33. The van der Waals surface area contributed by atoms with Crippen molar-refractivity contribution in [1.82, 2.24) is 0 Å². The normalized spacial score (nSPS) is 10.2. The highest BCUT2D eigenvalue weighted by atomic mass is 127. The van der Waals surface area contributed by atoms with Gasteiger partial charge in [0.15, 0.2) is 0 Å². The van der Waals surface area contributed by atoms with Crippen LogP contribution >= 0.6 is 22.6 Å². The van der Waals surface area contributed by atoms with Gasteiger partial charge in [-0.15, -0.1) is 0 Å². The number of rotatable bonds is 3. The van der Waals surface area contributed by atoms with E-state index in [-0.39, 0.29) is 5.69 Å². The van der Waals surface area contributed by atoms with Gasteiger partial charge in [-0.2, -0.15) is 0 Å². The third kappa shape index (κ3) is 3.54. The molecule has 1 N–H and O–H groups in total. The predicted molar refractivity (Wildman–Crippen MR) is 84.9 cm³/mol. The van der Waals surface area contributed by atoms with E-state index in [2.05, 4.69) is 5.32 Å². The van der Waals surface area contributed by atoms with Crippen molar-refractivity contribution in [2.24, 2.45) is 0 Å². The van der Waals surface area contributed by atoms with E-state index in [1.54, 1.807) is 6.92 Å². The van der Waals surface area contributed by atoms with E-state index in [1.165, 1.54) is 36.4 Å². The highest BCUT2D eigenvalue weighted by Crippen LogP contribution is 2.22. The number of anilines is 1. The van der Waals surface area contributed by atoms with Gasteiger partial charge in [0.25, 0.3) is 11.6 Å². The molecular formula is C14H10FIN2O3. The summed E-state index contributed by atoms with van der Waals surface area (Å²) in [6.07, 6.45) is 0. The summed E-state index contributed by atoms with van der Waals surface area (Å²) in [5.74, 6) is -0.807.